The number of hydrogen-bond acceptors (Lipinski definition) is 2. The third kappa shape index (κ3) is 3.37. The molecular weight excluding hydrogens is 190 g/mol. The summed E-state index contributed by atoms with van der Waals surface area (Å²) < 4.78 is 0. The average molecular weight is 202 g/mol. The van der Waals surface area contributed by atoms with Crippen molar-refractivity contribution < 1.29 is 0 Å². The van der Waals surface area contributed by atoms with Gasteiger partial charge in [-0.3, -0.25) is 4.98 Å². The molecule has 0 aliphatic heterocycles. The molecule has 0 aromatic carbocycles. The first-order valence-corrected chi connectivity index (χ1v) is 5.33. The number of halogens is 1. The molecule has 0 fully saturated rings. The second-order valence-electron chi connectivity index (χ2n) is 2.67. The number of thiazole rings is 1. The molecule has 0 spiro atoms. The molecule has 0 bridgehead atoms. The Morgan fingerprint density at radius 2 is 2.58 bits per heavy atom. The lowest BCUT2D eigenvalue weighted by molar-refractivity contribution is 1.11. The number of rotatable bonds is 4. The van der Waals surface area contributed by atoms with Crippen molar-refractivity contribution in [3.8, 4) is 0 Å². The summed E-state index contributed by atoms with van der Waals surface area (Å²) in [5.41, 5.74) is 3.24. The number of alkyl halides is 1. The zero-order valence-electron chi connectivity index (χ0n) is 7.09. The molecule has 1 nitrogen and oxygen atoms in total. The van der Waals surface area contributed by atoms with E-state index in [1.165, 1.54) is 10.5 Å². The Labute approximate surface area is 82.1 Å². The highest BCUT2D eigenvalue weighted by Crippen LogP contribution is 2.12. The summed E-state index contributed by atoms with van der Waals surface area (Å²) in [5, 5.41) is 0. The maximum atomic E-state index is 5.57. The molecule has 1 rings (SSSR count). The fourth-order valence-corrected chi connectivity index (χ4v) is 1.78. The van der Waals surface area contributed by atoms with Gasteiger partial charge < -0.3 is 0 Å². The Morgan fingerprint density at radius 1 is 1.75 bits per heavy atom. The maximum Gasteiger partial charge on any atom is 0.0794 e. The maximum absolute atomic E-state index is 5.57. The largest absolute Gasteiger partial charge is 0.253 e. The molecule has 1 aromatic heterocycles. The lowest BCUT2D eigenvalue weighted by atomic mass is 10.2. The van der Waals surface area contributed by atoms with Gasteiger partial charge in [-0.05, 0) is 13.3 Å². The molecule has 0 aliphatic rings. The molecule has 12 heavy (non-hydrogen) atoms. The SMILES string of the molecule is CC(=CCCCl)Cc1cncs1. The van der Waals surface area contributed by atoms with Crippen LogP contribution in [0.25, 0.3) is 0 Å². The highest BCUT2D eigenvalue weighted by Gasteiger charge is 1.95. The van der Waals surface area contributed by atoms with Crippen LogP contribution in [0.4, 0.5) is 0 Å². The molecule has 1 aromatic rings. The summed E-state index contributed by atoms with van der Waals surface area (Å²) in [6.07, 6.45) is 6.09. The summed E-state index contributed by atoms with van der Waals surface area (Å²) in [6.45, 7) is 2.13. The molecule has 0 saturated heterocycles. The van der Waals surface area contributed by atoms with E-state index in [2.05, 4.69) is 18.0 Å². The van der Waals surface area contributed by atoms with E-state index in [1.54, 1.807) is 11.3 Å². The molecule has 0 atom stereocenters. The van der Waals surface area contributed by atoms with Crippen LogP contribution in [-0.2, 0) is 6.42 Å². The summed E-state index contributed by atoms with van der Waals surface area (Å²) in [6, 6.07) is 0. The van der Waals surface area contributed by atoms with Crippen LogP contribution in [0.5, 0.6) is 0 Å². The highest BCUT2D eigenvalue weighted by molar-refractivity contribution is 7.09. The molecule has 3 heteroatoms. The topological polar surface area (TPSA) is 12.9 Å². The molecule has 0 N–H and O–H groups in total. The van der Waals surface area contributed by atoms with Gasteiger partial charge >= 0.3 is 0 Å². The van der Waals surface area contributed by atoms with Gasteiger partial charge in [-0.15, -0.1) is 22.9 Å². The van der Waals surface area contributed by atoms with Crippen molar-refractivity contribution in [1.29, 1.82) is 0 Å². The van der Waals surface area contributed by atoms with E-state index >= 15 is 0 Å². The van der Waals surface area contributed by atoms with Crippen molar-refractivity contribution >= 4 is 22.9 Å². The Morgan fingerprint density at radius 3 is 3.17 bits per heavy atom. The first-order valence-electron chi connectivity index (χ1n) is 3.92. The number of nitrogens with zero attached hydrogens (tertiary/aromatic N) is 1. The van der Waals surface area contributed by atoms with E-state index in [0.29, 0.717) is 5.88 Å². The van der Waals surface area contributed by atoms with E-state index in [9.17, 15) is 0 Å². The summed E-state index contributed by atoms with van der Waals surface area (Å²) in [7, 11) is 0. The van der Waals surface area contributed by atoms with Gasteiger partial charge in [0.1, 0.15) is 0 Å². The van der Waals surface area contributed by atoms with Gasteiger partial charge in [0.25, 0.3) is 0 Å². The van der Waals surface area contributed by atoms with Crippen LogP contribution in [0.2, 0.25) is 0 Å². The minimum absolute atomic E-state index is 0.708. The first-order chi connectivity index (χ1) is 5.83. The Hall–Kier alpha value is -0.340. The van der Waals surface area contributed by atoms with Crippen molar-refractivity contribution in [2.75, 3.05) is 5.88 Å². The predicted octanol–water partition coefficient (Wildman–Crippen LogP) is 3.26. The predicted molar refractivity (Wildman–Crippen MR) is 54.9 cm³/mol. The van der Waals surface area contributed by atoms with Crippen LogP contribution in [0.15, 0.2) is 23.4 Å². The Bertz CT molecular complexity index is 241. The summed E-state index contributed by atoms with van der Waals surface area (Å²) >= 11 is 7.27. The fourth-order valence-electron chi connectivity index (χ4n) is 0.977. The third-order valence-corrected chi connectivity index (χ3v) is 2.54. The fraction of sp³-hybridized carbons (Fsp3) is 0.444. The van der Waals surface area contributed by atoms with Gasteiger partial charge in [0.2, 0.25) is 0 Å². The second-order valence-corrected chi connectivity index (χ2v) is 4.02. The minimum atomic E-state index is 0.708. The molecule has 0 radical (unpaired) electrons. The van der Waals surface area contributed by atoms with Gasteiger partial charge in [0.05, 0.1) is 5.51 Å². The number of hydrogen-bond donors (Lipinski definition) is 0. The minimum Gasteiger partial charge on any atom is -0.253 e. The first kappa shape index (κ1) is 9.75. The van der Waals surface area contributed by atoms with E-state index in [-0.39, 0.29) is 0 Å². The Kier molecular flexibility index (Phi) is 4.33. The summed E-state index contributed by atoms with van der Waals surface area (Å²) in [5.74, 6) is 0.708. The molecule has 66 valence electrons. The van der Waals surface area contributed by atoms with E-state index in [4.69, 9.17) is 11.6 Å². The standard InChI is InChI=1S/C9H12ClNS/c1-8(3-2-4-10)5-9-6-11-7-12-9/h3,6-7H,2,4-5H2,1H3. The monoisotopic (exact) mass is 201 g/mol. The molecule has 0 amide bonds. The molecule has 0 unspecified atom stereocenters. The van der Waals surface area contributed by atoms with Crippen molar-refractivity contribution in [2.24, 2.45) is 0 Å². The van der Waals surface area contributed by atoms with Crippen LogP contribution >= 0.6 is 22.9 Å². The number of allylic oxidation sites excluding steroid dienone is 2. The van der Waals surface area contributed by atoms with Gasteiger partial charge in [-0.1, -0.05) is 11.6 Å². The summed E-state index contributed by atoms with van der Waals surface area (Å²) in [4.78, 5) is 5.34. The molecule has 1 heterocycles. The van der Waals surface area contributed by atoms with Gasteiger partial charge in [0.15, 0.2) is 0 Å². The van der Waals surface area contributed by atoms with Gasteiger partial charge in [0, 0.05) is 23.4 Å². The zero-order valence-corrected chi connectivity index (χ0v) is 8.66. The van der Waals surface area contributed by atoms with Crippen LogP contribution in [-0.4, -0.2) is 10.9 Å². The van der Waals surface area contributed by atoms with Crippen molar-refractivity contribution in [3.63, 3.8) is 0 Å². The van der Waals surface area contributed by atoms with Crippen LogP contribution in [0.3, 0.4) is 0 Å². The quantitative estimate of drug-likeness (QED) is 0.538. The average Bonchev–Trinajstić information content (AvgIpc) is 2.53. The lowest BCUT2D eigenvalue weighted by Gasteiger charge is -1.96. The van der Waals surface area contributed by atoms with Crippen LogP contribution < -0.4 is 0 Å². The van der Waals surface area contributed by atoms with Crippen molar-refractivity contribution in [2.45, 2.75) is 19.8 Å². The highest BCUT2D eigenvalue weighted by atomic mass is 35.5. The molecule has 0 saturated carbocycles. The van der Waals surface area contributed by atoms with Gasteiger partial charge in [-0.2, -0.15) is 0 Å². The second kappa shape index (κ2) is 5.33. The zero-order chi connectivity index (χ0) is 8.81. The smallest absolute Gasteiger partial charge is 0.0794 e. The van der Waals surface area contributed by atoms with E-state index in [1.807, 2.05) is 11.7 Å². The van der Waals surface area contributed by atoms with Crippen LogP contribution in [0, 0.1) is 0 Å². The molecular formula is C9H12ClNS. The van der Waals surface area contributed by atoms with Crippen molar-refractivity contribution in [3.05, 3.63) is 28.2 Å². The normalized spacial score (nSPS) is 12.0. The molecule has 0 aliphatic carbocycles. The van der Waals surface area contributed by atoms with Crippen molar-refractivity contribution in [1.82, 2.24) is 4.98 Å². The lowest BCUT2D eigenvalue weighted by Crippen LogP contribution is -1.82. The van der Waals surface area contributed by atoms with E-state index < -0.39 is 0 Å². The Balaban J connectivity index is 2.41. The third-order valence-electron chi connectivity index (χ3n) is 1.54. The van der Waals surface area contributed by atoms with Gasteiger partial charge in [-0.25, -0.2) is 0 Å². The number of aromatic nitrogens is 1. The van der Waals surface area contributed by atoms with Crippen LogP contribution in [0.1, 0.15) is 18.2 Å². The van der Waals surface area contributed by atoms with E-state index in [0.717, 1.165) is 12.8 Å².